The van der Waals surface area contributed by atoms with E-state index in [1.165, 1.54) is 12.7 Å². The molecule has 2 rings (SSSR count). The first-order chi connectivity index (χ1) is 7.47. The molecule has 0 bridgehead atoms. The van der Waals surface area contributed by atoms with Gasteiger partial charge in [-0.25, -0.2) is 14.6 Å². The molecule has 0 fully saturated rings. The fourth-order valence-electron chi connectivity index (χ4n) is 0.995. The van der Waals surface area contributed by atoms with Gasteiger partial charge in [-0.1, -0.05) is 0 Å². The Labute approximate surface area is 91.9 Å². The minimum Gasteiger partial charge on any atom is -0.223 e. The number of hydrogen-bond acceptors (Lipinski definition) is 4. The third-order valence-electron chi connectivity index (χ3n) is 1.63. The fourth-order valence-corrected chi connectivity index (χ4v) is 1.17. The average molecular weight is 250 g/mol. The van der Waals surface area contributed by atoms with Gasteiger partial charge in [-0.2, -0.15) is 23.3 Å². The molecule has 16 heavy (non-hydrogen) atoms. The standard InChI is InChI=1S/C7H3ClF3N5/c8-6-14-4(7(9,10)11)1-5(15-6)16-3-12-2-13-16/h1-3H. The maximum absolute atomic E-state index is 12.4. The first kappa shape index (κ1) is 10.8. The minimum absolute atomic E-state index is 0.0928. The molecule has 0 radical (unpaired) electrons. The molecule has 5 nitrogen and oxygen atoms in total. The van der Waals surface area contributed by atoms with Crippen molar-refractivity contribution in [3.05, 3.63) is 29.7 Å². The highest BCUT2D eigenvalue weighted by molar-refractivity contribution is 6.28. The topological polar surface area (TPSA) is 56.5 Å². The van der Waals surface area contributed by atoms with Gasteiger partial charge >= 0.3 is 6.18 Å². The molecule has 9 heteroatoms. The van der Waals surface area contributed by atoms with Crippen molar-refractivity contribution in [1.29, 1.82) is 0 Å². The quantitative estimate of drug-likeness (QED) is 0.722. The molecule has 0 aromatic carbocycles. The fraction of sp³-hybridized carbons (Fsp3) is 0.143. The molecule has 0 saturated carbocycles. The van der Waals surface area contributed by atoms with Gasteiger partial charge in [-0.15, -0.1) is 0 Å². The number of halogens is 4. The van der Waals surface area contributed by atoms with Crippen molar-refractivity contribution < 1.29 is 13.2 Å². The smallest absolute Gasteiger partial charge is 0.223 e. The second-order valence-electron chi connectivity index (χ2n) is 2.72. The summed E-state index contributed by atoms with van der Waals surface area (Å²) in [5, 5.41) is 3.14. The summed E-state index contributed by atoms with van der Waals surface area (Å²) in [6, 6.07) is 0.737. The first-order valence-corrected chi connectivity index (χ1v) is 4.31. The van der Waals surface area contributed by atoms with E-state index in [0.717, 1.165) is 10.7 Å². The molecule has 0 aliphatic carbocycles. The number of aromatic nitrogens is 5. The summed E-state index contributed by atoms with van der Waals surface area (Å²) in [6.07, 6.45) is -2.20. The van der Waals surface area contributed by atoms with E-state index in [1.807, 2.05) is 0 Å². The number of alkyl halides is 3. The maximum Gasteiger partial charge on any atom is 0.433 e. The molecule has 0 N–H and O–H groups in total. The zero-order chi connectivity index (χ0) is 11.8. The van der Waals surface area contributed by atoms with E-state index >= 15 is 0 Å². The number of hydrogen-bond donors (Lipinski definition) is 0. The van der Waals surface area contributed by atoms with E-state index in [2.05, 4.69) is 20.1 Å². The summed E-state index contributed by atoms with van der Waals surface area (Å²) in [7, 11) is 0. The Morgan fingerprint density at radius 3 is 2.56 bits per heavy atom. The van der Waals surface area contributed by atoms with Gasteiger partial charge in [0.15, 0.2) is 11.5 Å². The lowest BCUT2D eigenvalue weighted by Gasteiger charge is -2.07. The normalized spacial score (nSPS) is 11.8. The van der Waals surface area contributed by atoms with Gasteiger partial charge in [-0.05, 0) is 11.6 Å². The zero-order valence-corrected chi connectivity index (χ0v) is 8.24. The molecular weight excluding hydrogens is 247 g/mol. The lowest BCUT2D eigenvalue weighted by Crippen LogP contribution is -2.11. The van der Waals surface area contributed by atoms with E-state index in [9.17, 15) is 13.2 Å². The van der Waals surface area contributed by atoms with Gasteiger partial charge < -0.3 is 0 Å². The van der Waals surface area contributed by atoms with E-state index in [1.54, 1.807) is 0 Å². The summed E-state index contributed by atoms with van der Waals surface area (Å²) in [5.41, 5.74) is -1.13. The Morgan fingerprint density at radius 1 is 1.25 bits per heavy atom. The van der Waals surface area contributed by atoms with Crippen LogP contribution in [0.5, 0.6) is 0 Å². The summed E-state index contributed by atoms with van der Waals surface area (Å²) in [5.74, 6) is -0.0928. The average Bonchev–Trinajstić information content (AvgIpc) is 2.68. The number of rotatable bonds is 1. The molecule has 84 valence electrons. The Balaban J connectivity index is 2.53. The van der Waals surface area contributed by atoms with Crippen LogP contribution in [-0.4, -0.2) is 24.7 Å². The molecule has 0 spiro atoms. The lowest BCUT2D eigenvalue weighted by atomic mass is 10.4. The van der Waals surface area contributed by atoms with Crippen molar-refractivity contribution >= 4 is 11.6 Å². The van der Waals surface area contributed by atoms with Crippen molar-refractivity contribution in [3.63, 3.8) is 0 Å². The first-order valence-electron chi connectivity index (χ1n) is 3.93. The summed E-state index contributed by atoms with van der Waals surface area (Å²) >= 11 is 5.39. The third-order valence-corrected chi connectivity index (χ3v) is 1.80. The summed E-state index contributed by atoms with van der Waals surface area (Å²) in [6.45, 7) is 0. The van der Waals surface area contributed by atoms with E-state index in [4.69, 9.17) is 11.6 Å². The van der Waals surface area contributed by atoms with Crippen LogP contribution in [0, 0.1) is 0 Å². The second kappa shape index (κ2) is 3.71. The van der Waals surface area contributed by atoms with Gasteiger partial charge in [-0.3, -0.25) is 0 Å². The van der Waals surface area contributed by atoms with E-state index in [0.29, 0.717) is 0 Å². The SMILES string of the molecule is FC(F)(F)c1cc(-n2cncn2)nc(Cl)n1. The molecular formula is C7H3ClF3N5. The van der Waals surface area contributed by atoms with Crippen LogP contribution in [0.25, 0.3) is 5.82 Å². The van der Waals surface area contributed by atoms with Gasteiger partial charge in [0, 0.05) is 6.07 Å². The van der Waals surface area contributed by atoms with Gasteiger partial charge in [0.05, 0.1) is 0 Å². The van der Waals surface area contributed by atoms with Crippen molar-refractivity contribution in [3.8, 4) is 5.82 Å². The molecule has 2 aromatic heterocycles. The van der Waals surface area contributed by atoms with E-state index < -0.39 is 17.2 Å². The number of nitrogens with zero attached hydrogens (tertiary/aromatic N) is 5. The molecule has 2 aromatic rings. The molecule has 0 atom stereocenters. The second-order valence-corrected chi connectivity index (χ2v) is 3.06. The monoisotopic (exact) mass is 249 g/mol. The van der Waals surface area contributed by atoms with Gasteiger partial charge in [0.2, 0.25) is 5.28 Å². The highest BCUT2D eigenvalue weighted by Gasteiger charge is 2.33. The van der Waals surface area contributed by atoms with E-state index in [-0.39, 0.29) is 5.82 Å². The van der Waals surface area contributed by atoms with Crippen LogP contribution >= 0.6 is 11.6 Å². The van der Waals surface area contributed by atoms with Gasteiger partial charge in [0.1, 0.15) is 12.7 Å². The Bertz CT molecular complexity index is 495. The van der Waals surface area contributed by atoms with Crippen LogP contribution in [0.3, 0.4) is 0 Å². The van der Waals surface area contributed by atoms with Crippen LogP contribution < -0.4 is 0 Å². The lowest BCUT2D eigenvalue weighted by molar-refractivity contribution is -0.141. The minimum atomic E-state index is -4.58. The molecule has 2 heterocycles. The maximum atomic E-state index is 12.4. The predicted molar refractivity (Wildman–Crippen MR) is 47.0 cm³/mol. The highest BCUT2D eigenvalue weighted by atomic mass is 35.5. The third kappa shape index (κ3) is 2.11. The van der Waals surface area contributed by atoms with Crippen molar-refractivity contribution in [2.45, 2.75) is 6.18 Å². The van der Waals surface area contributed by atoms with Crippen molar-refractivity contribution in [2.75, 3.05) is 0 Å². The van der Waals surface area contributed by atoms with Crippen LogP contribution in [0.15, 0.2) is 18.7 Å². The Morgan fingerprint density at radius 2 is 2.00 bits per heavy atom. The Hall–Kier alpha value is -1.70. The van der Waals surface area contributed by atoms with Gasteiger partial charge in [0.25, 0.3) is 0 Å². The largest absolute Gasteiger partial charge is 0.433 e. The Kier molecular flexibility index (Phi) is 2.50. The summed E-state index contributed by atoms with van der Waals surface area (Å²) < 4.78 is 38.2. The molecule has 0 aliphatic rings. The predicted octanol–water partition coefficient (Wildman–Crippen LogP) is 1.73. The van der Waals surface area contributed by atoms with Crippen LogP contribution in [0.2, 0.25) is 5.28 Å². The van der Waals surface area contributed by atoms with Crippen LogP contribution in [-0.2, 0) is 6.18 Å². The molecule has 0 unspecified atom stereocenters. The zero-order valence-electron chi connectivity index (χ0n) is 7.48. The van der Waals surface area contributed by atoms with Crippen LogP contribution in [0.1, 0.15) is 5.69 Å². The molecule has 0 saturated heterocycles. The van der Waals surface area contributed by atoms with Crippen molar-refractivity contribution in [2.24, 2.45) is 0 Å². The highest BCUT2D eigenvalue weighted by Crippen LogP contribution is 2.28. The molecule has 0 amide bonds. The van der Waals surface area contributed by atoms with Crippen LogP contribution in [0.4, 0.5) is 13.2 Å². The summed E-state index contributed by atoms with van der Waals surface area (Å²) in [4.78, 5) is 10.3. The molecule has 0 aliphatic heterocycles. The van der Waals surface area contributed by atoms with Crippen molar-refractivity contribution in [1.82, 2.24) is 24.7 Å².